The molecule has 0 spiro atoms. The summed E-state index contributed by atoms with van der Waals surface area (Å²) in [7, 11) is 0. The second-order valence-electron chi connectivity index (χ2n) is 5.16. The third kappa shape index (κ3) is 4.02. The fraction of sp³-hybridized carbons (Fsp3) is 0.571. The summed E-state index contributed by atoms with van der Waals surface area (Å²) in [6, 6.07) is 6.29. The van der Waals surface area contributed by atoms with Crippen LogP contribution in [0.2, 0.25) is 0 Å². The Hall–Kier alpha value is -1.06. The van der Waals surface area contributed by atoms with Crippen molar-refractivity contribution in [3.8, 4) is 0 Å². The van der Waals surface area contributed by atoms with E-state index in [1.807, 2.05) is 13.8 Å². The van der Waals surface area contributed by atoms with E-state index in [4.69, 9.17) is 5.73 Å². The summed E-state index contributed by atoms with van der Waals surface area (Å²) in [5, 5.41) is 9.93. The molecule has 1 aromatic carbocycles. The fourth-order valence-corrected chi connectivity index (χ4v) is 2.02. The molecule has 0 aliphatic carbocycles. The number of aliphatic hydroxyl groups is 1. The Morgan fingerprint density at radius 3 is 2.47 bits per heavy atom. The minimum Gasteiger partial charge on any atom is -0.389 e. The molecule has 3 N–H and O–H groups in total. The van der Waals surface area contributed by atoms with Gasteiger partial charge in [0.2, 0.25) is 0 Å². The lowest BCUT2D eigenvalue weighted by Crippen LogP contribution is -2.39. The van der Waals surface area contributed by atoms with Crippen LogP contribution in [0.25, 0.3) is 0 Å². The molecule has 0 saturated heterocycles. The van der Waals surface area contributed by atoms with Crippen LogP contribution in [-0.4, -0.2) is 23.8 Å². The molecule has 0 atom stereocenters. The summed E-state index contributed by atoms with van der Waals surface area (Å²) in [6.45, 7) is 9.80. The highest BCUT2D eigenvalue weighted by Gasteiger charge is 2.19. The summed E-state index contributed by atoms with van der Waals surface area (Å²) < 4.78 is 0. The molecule has 0 radical (unpaired) electrons. The van der Waals surface area contributed by atoms with E-state index in [0.29, 0.717) is 13.1 Å². The Morgan fingerprint density at radius 1 is 1.35 bits per heavy atom. The molecular formula is C14H24N2O. The van der Waals surface area contributed by atoms with Crippen molar-refractivity contribution in [3.63, 3.8) is 0 Å². The first-order valence-electron chi connectivity index (χ1n) is 6.14. The second-order valence-corrected chi connectivity index (χ2v) is 5.16. The standard InChI is InChI=1S/C14H24N2O/c1-5-16(10-14(3,4)17)13-7-6-11(2)8-12(13)9-15/h6-8,17H,5,9-10,15H2,1-4H3. The molecule has 3 heteroatoms. The SMILES string of the molecule is CCN(CC(C)(C)O)c1ccc(C)cc1CN. The van der Waals surface area contributed by atoms with Gasteiger partial charge in [0.25, 0.3) is 0 Å². The van der Waals surface area contributed by atoms with Crippen molar-refractivity contribution in [2.24, 2.45) is 5.73 Å². The van der Waals surface area contributed by atoms with Crippen molar-refractivity contribution in [2.45, 2.75) is 39.8 Å². The number of nitrogens with zero attached hydrogens (tertiary/aromatic N) is 1. The van der Waals surface area contributed by atoms with Crippen LogP contribution in [0.1, 0.15) is 31.9 Å². The Bertz CT molecular complexity index is 369. The molecule has 0 bridgehead atoms. The van der Waals surface area contributed by atoms with Gasteiger partial charge >= 0.3 is 0 Å². The molecule has 0 aliphatic heterocycles. The molecule has 96 valence electrons. The zero-order valence-corrected chi connectivity index (χ0v) is 11.3. The quantitative estimate of drug-likeness (QED) is 0.822. The van der Waals surface area contributed by atoms with E-state index < -0.39 is 5.60 Å². The van der Waals surface area contributed by atoms with Crippen LogP contribution < -0.4 is 10.6 Å². The molecule has 3 nitrogen and oxygen atoms in total. The minimum atomic E-state index is -0.702. The lowest BCUT2D eigenvalue weighted by atomic mass is 10.1. The number of nitrogens with two attached hydrogens (primary N) is 1. The highest BCUT2D eigenvalue weighted by molar-refractivity contribution is 5.55. The van der Waals surface area contributed by atoms with Gasteiger partial charge in [-0.3, -0.25) is 0 Å². The first-order valence-corrected chi connectivity index (χ1v) is 6.14. The zero-order chi connectivity index (χ0) is 13.1. The van der Waals surface area contributed by atoms with Crippen molar-refractivity contribution >= 4 is 5.69 Å². The largest absolute Gasteiger partial charge is 0.389 e. The summed E-state index contributed by atoms with van der Waals surface area (Å²) >= 11 is 0. The van der Waals surface area contributed by atoms with Gasteiger partial charge in [0.1, 0.15) is 0 Å². The summed E-state index contributed by atoms with van der Waals surface area (Å²) in [4.78, 5) is 2.17. The molecule has 17 heavy (non-hydrogen) atoms. The van der Waals surface area contributed by atoms with Gasteiger partial charge in [-0.1, -0.05) is 17.7 Å². The van der Waals surface area contributed by atoms with Gasteiger partial charge in [-0.15, -0.1) is 0 Å². The average molecular weight is 236 g/mol. The first kappa shape index (κ1) is 14.0. The van der Waals surface area contributed by atoms with Crippen LogP contribution in [0.15, 0.2) is 18.2 Å². The lowest BCUT2D eigenvalue weighted by molar-refractivity contribution is 0.0875. The highest BCUT2D eigenvalue weighted by Crippen LogP contribution is 2.23. The fourth-order valence-electron chi connectivity index (χ4n) is 2.02. The van der Waals surface area contributed by atoms with Gasteiger partial charge in [-0.25, -0.2) is 0 Å². The van der Waals surface area contributed by atoms with Crippen molar-refractivity contribution in [3.05, 3.63) is 29.3 Å². The monoisotopic (exact) mass is 236 g/mol. The Morgan fingerprint density at radius 2 is 2.00 bits per heavy atom. The number of rotatable bonds is 5. The van der Waals surface area contributed by atoms with E-state index in [1.165, 1.54) is 5.56 Å². The molecular weight excluding hydrogens is 212 g/mol. The molecule has 0 unspecified atom stereocenters. The maximum Gasteiger partial charge on any atom is 0.0765 e. The van der Waals surface area contributed by atoms with Gasteiger partial charge in [0.15, 0.2) is 0 Å². The summed E-state index contributed by atoms with van der Waals surface area (Å²) in [6.07, 6.45) is 0. The smallest absolute Gasteiger partial charge is 0.0765 e. The van der Waals surface area contributed by atoms with Crippen LogP contribution in [0, 0.1) is 6.92 Å². The third-order valence-electron chi connectivity index (χ3n) is 2.76. The van der Waals surface area contributed by atoms with E-state index in [-0.39, 0.29) is 0 Å². The van der Waals surface area contributed by atoms with Crippen molar-refractivity contribution < 1.29 is 5.11 Å². The Kier molecular flexibility index (Phi) is 4.54. The Balaban J connectivity index is 3.03. The predicted molar refractivity (Wildman–Crippen MR) is 73.3 cm³/mol. The summed E-state index contributed by atoms with van der Waals surface area (Å²) in [5.41, 5.74) is 8.56. The van der Waals surface area contributed by atoms with E-state index in [0.717, 1.165) is 17.8 Å². The Labute approximate surface area is 104 Å². The summed E-state index contributed by atoms with van der Waals surface area (Å²) in [5.74, 6) is 0. The third-order valence-corrected chi connectivity index (χ3v) is 2.76. The maximum absolute atomic E-state index is 9.93. The first-order chi connectivity index (χ1) is 7.87. The van der Waals surface area contributed by atoms with Gasteiger partial charge < -0.3 is 15.7 Å². The van der Waals surface area contributed by atoms with Crippen LogP contribution in [0.5, 0.6) is 0 Å². The minimum absolute atomic E-state index is 0.527. The molecule has 0 aliphatic rings. The van der Waals surface area contributed by atoms with E-state index in [2.05, 4.69) is 36.9 Å². The van der Waals surface area contributed by atoms with E-state index in [9.17, 15) is 5.11 Å². The van der Waals surface area contributed by atoms with Crippen molar-refractivity contribution in [1.82, 2.24) is 0 Å². The molecule has 0 aromatic heterocycles. The van der Waals surface area contributed by atoms with Gasteiger partial charge in [-0.2, -0.15) is 0 Å². The van der Waals surface area contributed by atoms with E-state index in [1.54, 1.807) is 0 Å². The normalized spacial score (nSPS) is 11.6. The lowest BCUT2D eigenvalue weighted by Gasteiger charge is -2.31. The zero-order valence-electron chi connectivity index (χ0n) is 11.3. The molecule has 0 saturated carbocycles. The van der Waals surface area contributed by atoms with Gasteiger partial charge in [0, 0.05) is 25.3 Å². The molecule has 0 heterocycles. The van der Waals surface area contributed by atoms with Gasteiger partial charge in [-0.05, 0) is 39.3 Å². The number of aryl methyl sites for hydroxylation is 1. The molecule has 1 aromatic rings. The number of hydrogen-bond donors (Lipinski definition) is 2. The predicted octanol–water partition coefficient (Wildman–Crippen LogP) is 2.05. The molecule has 0 fully saturated rings. The van der Waals surface area contributed by atoms with Crippen LogP contribution in [-0.2, 0) is 6.54 Å². The highest BCUT2D eigenvalue weighted by atomic mass is 16.3. The number of anilines is 1. The van der Waals surface area contributed by atoms with Crippen LogP contribution in [0.3, 0.4) is 0 Å². The van der Waals surface area contributed by atoms with Crippen LogP contribution >= 0.6 is 0 Å². The van der Waals surface area contributed by atoms with Crippen LogP contribution in [0.4, 0.5) is 5.69 Å². The number of likely N-dealkylation sites (N-methyl/N-ethyl adjacent to an activating group) is 1. The molecule has 1 rings (SSSR count). The second kappa shape index (κ2) is 5.52. The van der Waals surface area contributed by atoms with Crippen molar-refractivity contribution in [1.29, 1.82) is 0 Å². The topological polar surface area (TPSA) is 49.5 Å². The number of benzene rings is 1. The van der Waals surface area contributed by atoms with Gasteiger partial charge in [0.05, 0.1) is 5.60 Å². The maximum atomic E-state index is 9.93. The van der Waals surface area contributed by atoms with E-state index >= 15 is 0 Å². The van der Waals surface area contributed by atoms with Crippen molar-refractivity contribution in [2.75, 3.05) is 18.0 Å². The average Bonchev–Trinajstić information content (AvgIpc) is 2.24. The number of hydrogen-bond acceptors (Lipinski definition) is 3. The molecule has 0 amide bonds.